The first-order chi connectivity index (χ1) is 10.1. The molecule has 0 spiro atoms. The van der Waals surface area contributed by atoms with Gasteiger partial charge in [0, 0.05) is 25.2 Å². The molecule has 0 aromatic carbocycles. The fourth-order valence-electron chi connectivity index (χ4n) is 3.78. The lowest BCUT2D eigenvalue weighted by molar-refractivity contribution is -0.144. The Morgan fingerprint density at radius 3 is 2.57 bits per heavy atom. The maximum absolute atomic E-state index is 11.5. The van der Waals surface area contributed by atoms with E-state index in [1.54, 1.807) is 0 Å². The Bertz CT molecular complexity index is 327. The lowest BCUT2D eigenvalue weighted by Crippen LogP contribution is -2.54. The molecule has 4 nitrogen and oxygen atoms in total. The summed E-state index contributed by atoms with van der Waals surface area (Å²) in [6, 6.07) is 0.968. The summed E-state index contributed by atoms with van der Waals surface area (Å²) in [6.45, 7) is 7.26. The second kappa shape index (κ2) is 8.14. The number of likely N-dealkylation sites (tertiary alicyclic amines) is 1. The van der Waals surface area contributed by atoms with Gasteiger partial charge in [-0.3, -0.25) is 9.69 Å². The number of piperidine rings is 1. The number of rotatable bonds is 6. The zero-order valence-corrected chi connectivity index (χ0v) is 13.7. The molecule has 0 radical (unpaired) electrons. The topological polar surface area (TPSA) is 52.6 Å². The largest absolute Gasteiger partial charge is 0.481 e. The third-order valence-corrected chi connectivity index (χ3v) is 5.07. The second-order valence-electron chi connectivity index (χ2n) is 7.35. The van der Waals surface area contributed by atoms with Crippen LogP contribution in [0.1, 0.15) is 58.8 Å². The Morgan fingerprint density at radius 2 is 1.95 bits per heavy atom. The Balaban J connectivity index is 1.89. The van der Waals surface area contributed by atoms with Gasteiger partial charge < -0.3 is 10.4 Å². The first kappa shape index (κ1) is 16.8. The molecular formula is C17H32N2O2. The van der Waals surface area contributed by atoms with Gasteiger partial charge in [-0.15, -0.1) is 0 Å². The van der Waals surface area contributed by atoms with Gasteiger partial charge in [0.15, 0.2) is 0 Å². The van der Waals surface area contributed by atoms with E-state index in [4.69, 9.17) is 0 Å². The van der Waals surface area contributed by atoms with Crippen molar-refractivity contribution in [3.63, 3.8) is 0 Å². The van der Waals surface area contributed by atoms with Gasteiger partial charge >= 0.3 is 5.97 Å². The summed E-state index contributed by atoms with van der Waals surface area (Å²) in [5.41, 5.74) is 0. The summed E-state index contributed by atoms with van der Waals surface area (Å²) in [5.74, 6) is -0.116. The van der Waals surface area contributed by atoms with Crippen LogP contribution in [0, 0.1) is 11.8 Å². The zero-order chi connectivity index (χ0) is 15.2. The van der Waals surface area contributed by atoms with Crippen LogP contribution in [0.2, 0.25) is 0 Å². The predicted molar refractivity (Wildman–Crippen MR) is 85.4 cm³/mol. The molecule has 0 aromatic rings. The van der Waals surface area contributed by atoms with Crippen LogP contribution in [0.5, 0.6) is 0 Å². The number of nitrogens with one attached hydrogen (secondary N) is 1. The molecule has 1 aliphatic heterocycles. The minimum absolute atomic E-state index is 0.197. The first-order valence-corrected chi connectivity index (χ1v) is 8.76. The molecule has 2 unspecified atom stereocenters. The molecule has 1 saturated carbocycles. The van der Waals surface area contributed by atoms with Crippen molar-refractivity contribution in [2.45, 2.75) is 70.9 Å². The lowest BCUT2D eigenvalue weighted by atomic mass is 9.88. The van der Waals surface area contributed by atoms with E-state index in [0.717, 1.165) is 32.5 Å². The SMILES string of the molecule is CC(C)CCNC1CC(C(=O)O)CN(C2CCCCC2)C1. The van der Waals surface area contributed by atoms with Gasteiger partial charge in [-0.2, -0.15) is 0 Å². The van der Waals surface area contributed by atoms with Crippen LogP contribution >= 0.6 is 0 Å². The Labute approximate surface area is 129 Å². The summed E-state index contributed by atoms with van der Waals surface area (Å²) in [4.78, 5) is 13.9. The maximum Gasteiger partial charge on any atom is 0.307 e. The van der Waals surface area contributed by atoms with Crippen LogP contribution < -0.4 is 5.32 Å². The molecule has 1 saturated heterocycles. The Kier molecular flexibility index (Phi) is 6.49. The highest BCUT2D eigenvalue weighted by molar-refractivity contribution is 5.70. The minimum Gasteiger partial charge on any atom is -0.481 e. The normalized spacial score (nSPS) is 28.9. The average molecular weight is 296 g/mol. The monoisotopic (exact) mass is 296 g/mol. The number of carbonyl (C=O) groups is 1. The van der Waals surface area contributed by atoms with Crippen LogP contribution in [0.25, 0.3) is 0 Å². The molecule has 0 aromatic heterocycles. The summed E-state index contributed by atoms with van der Waals surface area (Å²) < 4.78 is 0. The summed E-state index contributed by atoms with van der Waals surface area (Å²) in [7, 11) is 0. The van der Waals surface area contributed by atoms with E-state index in [2.05, 4.69) is 24.1 Å². The van der Waals surface area contributed by atoms with E-state index in [1.165, 1.54) is 32.1 Å². The molecule has 0 bridgehead atoms. The highest BCUT2D eigenvalue weighted by Crippen LogP contribution is 2.27. The predicted octanol–water partition coefficient (Wildman–Crippen LogP) is 2.73. The maximum atomic E-state index is 11.5. The standard InChI is InChI=1S/C17H32N2O2/c1-13(2)8-9-18-15-10-14(17(20)21)11-19(12-15)16-6-4-3-5-7-16/h13-16,18H,3-12H2,1-2H3,(H,20,21). The van der Waals surface area contributed by atoms with Crippen LogP contribution in [0.4, 0.5) is 0 Å². The van der Waals surface area contributed by atoms with Crippen LogP contribution in [0.3, 0.4) is 0 Å². The van der Waals surface area contributed by atoms with E-state index >= 15 is 0 Å². The first-order valence-electron chi connectivity index (χ1n) is 8.76. The van der Waals surface area contributed by atoms with Gasteiger partial charge in [0.05, 0.1) is 5.92 Å². The highest BCUT2D eigenvalue weighted by Gasteiger charge is 2.34. The quantitative estimate of drug-likeness (QED) is 0.791. The lowest BCUT2D eigenvalue weighted by Gasteiger charge is -2.42. The van der Waals surface area contributed by atoms with Gasteiger partial charge in [0.2, 0.25) is 0 Å². The molecule has 0 amide bonds. The number of aliphatic carboxylic acids is 1. The van der Waals surface area contributed by atoms with Crippen molar-refractivity contribution in [3.8, 4) is 0 Å². The molecule has 4 heteroatoms. The van der Waals surface area contributed by atoms with Gasteiger partial charge in [-0.05, 0) is 38.1 Å². The number of hydrogen-bond donors (Lipinski definition) is 2. The number of hydrogen-bond acceptors (Lipinski definition) is 3. The molecule has 21 heavy (non-hydrogen) atoms. The highest BCUT2D eigenvalue weighted by atomic mass is 16.4. The fraction of sp³-hybridized carbons (Fsp3) is 0.941. The van der Waals surface area contributed by atoms with Crippen molar-refractivity contribution in [2.24, 2.45) is 11.8 Å². The van der Waals surface area contributed by atoms with Crippen LogP contribution in [-0.2, 0) is 4.79 Å². The molecule has 2 rings (SSSR count). The summed E-state index contributed by atoms with van der Waals surface area (Å²) in [6.07, 6.45) is 8.43. The Hall–Kier alpha value is -0.610. The van der Waals surface area contributed by atoms with E-state index in [0.29, 0.717) is 18.0 Å². The van der Waals surface area contributed by atoms with Gasteiger partial charge in [0.25, 0.3) is 0 Å². The van der Waals surface area contributed by atoms with Crippen molar-refractivity contribution < 1.29 is 9.90 Å². The minimum atomic E-state index is -0.619. The zero-order valence-electron chi connectivity index (χ0n) is 13.7. The smallest absolute Gasteiger partial charge is 0.307 e. The Morgan fingerprint density at radius 1 is 1.24 bits per heavy atom. The average Bonchev–Trinajstić information content (AvgIpc) is 2.47. The summed E-state index contributed by atoms with van der Waals surface area (Å²) in [5, 5.41) is 13.0. The van der Waals surface area contributed by atoms with Gasteiger partial charge in [0.1, 0.15) is 0 Å². The molecule has 2 fully saturated rings. The number of carboxylic acids is 1. The second-order valence-corrected chi connectivity index (χ2v) is 7.35. The van der Waals surface area contributed by atoms with Crippen molar-refractivity contribution in [1.29, 1.82) is 0 Å². The third kappa shape index (κ3) is 5.26. The van der Waals surface area contributed by atoms with E-state index in [-0.39, 0.29) is 5.92 Å². The molecule has 1 heterocycles. The van der Waals surface area contributed by atoms with Crippen LogP contribution in [0.15, 0.2) is 0 Å². The number of carboxylic acid groups (broad SMARTS) is 1. The van der Waals surface area contributed by atoms with E-state index in [9.17, 15) is 9.90 Å². The molecule has 1 aliphatic carbocycles. The van der Waals surface area contributed by atoms with Gasteiger partial charge in [-0.1, -0.05) is 33.1 Å². The van der Waals surface area contributed by atoms with Crippen molar-refractivity contribution in [3.05, 3.63) is 0 Å². The van der Waals surface area contributed by atoms with Gasteiger partial charge in [-0.25, -0.2) is 0 Å². The molecule has 2 aliphatic rings. The third-order valence-electron chi connectivity index (χ3n) is 5.07. The molecule has 2 atom stereocenters. The molecule has 2 N–H and O–H groups in total. The number of nitrogens with zero attached hydrogens (tertiary/aromatic N) is 1. The fourth-order valence-corrected chi connectivity index (χ4v) is 3.78. The van der Waals surface area contributed by atoms with E-state index in [1.807, 2.05) is 0 Å². The molecule has 122 valence electrons. The van der Waals surface area contributed by atoms with Crippen molar-refractivity contribution in [1.82, 2.24) is 10.2 Å². The molecular weight excluding hydrogens is 264 g/mol. The van der Waals surface area contributed by atoms with Crippen LogP contribution in [-0.4, -0.2) is 47.7 Å². The van der Waals surface area contributed by atoms with Crippen molar-refractivity contribution >= 4 is 5.97 Å². The summed E-state index contributed by atoms with van der Waals surface area (Å²) >= 11 is 0. The van der Waals surface area contributed by atoms with E-state index < -0.39 is 5.97 Å². The van der Waals surface area contributed by atoms with Crippen molar-refractivity contribution in [2.75, 3.05) is 19.6 Å².